The molecule has 0 saturated carbocycles. The minimum atomic E-state index is -1.08. The molecule has 1 aromatic carbocycles. The van der Waals surface area contributed by atoms with Gasteiger partial charge in [-0.3, -0.25) is 0 Å². The van der Waals surface area contributed by atoms with Crippen LogP contribution in [0, 0.1) is 0 Å². The first kappa shape index (κ1) is 15.4. The van der Waals surface area contributed by atoms with Gasteiger partial charge in [-0.25, -0.2) is 8.78 Å². The van der Waals surface area contributed by atoms with Gasteiger partial charge in [0, 0.05) is 4.83 Å². The lowest BCUT2D eigenvalue weighted by Gasteiger charge is -2.15. The second kappa shape index (κ2) is 8.46. The highest BCUT2D eigenvalue weighted by atomic mass is 79.9. The molecule has 1 rings (SSSR count). The molecule has 0 radical (unpaired) electrons. The molecule has 0 fully saturated rings. The second-order valence-electron chi connectivity index (χ2n) is 4.30. The molecule has 1 aromatic rings. The van der Waals surface area contributed by atoms with E-state index in [0.29, 0.717) is 18.6 Å². The van der Waals surface area contributed by atoms with Gasteiger partial charge in [-0.2, -0.15) is 0 Å². The number of para-hydroxylation sites is 1. The Balaban J connectivity index is 2.23. The van der Waals surface area contributed by atoms with Gasteiger partial charge in [-0.05, 0) is 31.4 Å². The molecule has 0 aliphatic heterocycles. The quantitative estimate of drug-likeness (QED) is 0.631. The van der Waals surface area contributed by atoms with Crippen LogP contribution in [0.3, 0.4) is 0 Å². The fourth-order valence-corrected chi connectivity index (χ4v) is 2.40. The lowest BCUT2D eigenvalue weighted by Crippen LogP contribution is -2.19. The van der Waals surface area contributed by atoms with Crippen molar-refractivity contribution in [1.82, 2.24) is 0 Å². The van der Waals surface area contributed by atoms with Gasteiger partial charge in [-0.15, -0.1) is 0 Å². The number of alkyl halides is 3. The zero-order valence-electron chi connectivity index (χ0n) is 10.5. The van der Waals surface area contributed by atoms with Crippen LogP contribution in [-0.2, 0) is 0 Å². The monoisotopic (exact) mass is 320 g/mol. The van der Waals surface area contributed by atoms with Gasteiger partial charge in [0.15, 0.2) is 0 Å². The Bertz CT molecular complexity index is 321. The summed E-state index contributed by atoms with van der Waals surface area (Å²) < 4.78 is 32.0. The first-order valence-corrected chi connectivity index (χ1v) is 7.13. The summed E-state index contributed by atoms with van der Waals surface area (Å²) >= 11 is 3.31. The van der Waals surface area contributed by atoms with Crippen LogP contribution < -0.4 is 4.74 Å². The van der Waals surface area contributed by atoms with Crippen molar-refractivity contribution in [3.05, 3.63) is 30.3 Å². The van der Waals surface area contributed by atoms with Gasteiger partial charge in [0.05, 0.1) is 0 Å². The molecular formula is C14H19BrF2O. The van der Waals surface area contributed by atoms with Gasteiger partial charge >= 0.3 is 0 Å². The average Bonchev–Trinajstić information content (AvgIpc) is 2.37. The van der Waals surface area contributed by atoms with Crippen molar-refractivity contribution < 1.29 is 13.5 Å². The summed E-state index contributed by atoms with van der Waals surface area (Å²) in [5, 5.41) is 0. The van der Waals surface area contributed by atoms with E-state index in [1.807, 2.05) is 18.2 Å². The van der Waals surface area contributed by atoms with Crippen LogP contribution in [0.2, 0.25) is 0 Å². The molecule has 1 nitrogen and oxygen atoms in total. The van der Waals surface area contributed by atoms with E-state index < -0.39 is 12.3 Å². The molecule has 4 heteroatoms. The molecule has 0 aliphatic rings. The lowest BCUT2D eigenvalue weighted by molar-refractivity contribution is 0.181. The minimum absolute atomic E-state index is 0.00912. The van der Waals surface area contributed by atoms with Crippen molar-refractivity contribution in [3.63, 3.8) is 0 Å². The molecule has 102 valence electrons. The largest absolute Gasteiger partial charge is 0.491 e. The van der Waals surface area contributed by atoms with Crippen molar-refractivity contribution in [2.45, 2.75) is 43.4 Å². The summed E-state index contributed by atoms with van der Waals surface area (Å²) in [6, 6.07) is 9.12. The maximum atomic E-state index is 13.6. The van der Waals surface area contributed by atoms with Gasteiger partial charge in [-0.1, -0.05) is 41.1 Å². The third-order valence-corrected chi connectivity index (χ3v) is 3.39. The number of benzene rings is 1. The molecule has 0 aliphatic carbocycles. The van der Waals surface area contributed by atoms with Crippen molar-refractivity contribution in [1.29, 1.82) is 0 Å². The van der Waals surface area contributed by atoms with Crippen molar-refractivity contribution in [2.24, 2.45) is 0 Å². The first-order chi connectivity index (χ1) is 8.61. The summed E-state index contributed by atoms with van der Waals surface area (Å²) in [5.41, 5.74) is 0. The number of rotatable bonds is 8. The molecule has 0 amide bonds. The van der Waals surface area contributed by atoms with Gasteiger partial charge < -0.3 is 4.74 Å². The highest BCUT2D eigenvalue weighted by molar-refractivity contribution is 9.09. The summed E-state index contributed by atoms with van der Waals surface area (Å²) in [4.78, 5) is -0.137. The Morgan fingerprint density at radius 3 is 2.33 bits per heavy atom. The number of hydrogen-bond donors (Lipinski definition) is 0. The number of hydrogen-bond acceptors (Lipinski definition) is 1. The molecule has 0 aromatic heterocycles. The molecule has 0 bridgehead atoms. The molecule has 3 atom stereocenters. The fourth-order valence-electron chi connectivity index (χ4n) is 1.59. The molecule has 0 saturated heterocycles. The Hall–Kier alpha value is -0.640. The third kappa shape index (κ3) is 6.34. The van der Waals surface area contributed by atoms with Crippen LogP contribution in [0.15, 0.2) is 30.3 Å². The lowest BCUT2D eigenvalue weighted by atomic mass is 10.1. The number of ether oxygens (including phenoxy) is 1. The SMILES string of the molecule is CCC(F)CC(Br)CC(F)COc1ccccc1. The van der Waals surface area contributed by atoms with Crippen LogP contribution in [0.25, 0.3) is 0 Å². The molecule has 0 heterocycles. The topological polar surface area (TPSA) is 9.23 Å². The maximum Gasteiger partial charge on any atom is 0.135 e. The van der Waals surface area contributed by atoms with Gasteiger partial charge in [0.1, 0.15) is 24.7 Å². The second-order valence-corrected chi connectivity index (χ2v) is 5.59. The Labute approximate surface area is 116 Å². The van der Waals surface area contributed by atoms with Gasteiger partial charge in [0.2, 0.25) is 0 Å². The molecule has 0 N–H and O–H groups in total. The zero-order chi connectivity index (χ0) is 13.4. The molecular weight excluding hydrogens is 302 g/mol. The van der Waals surface area contributed by atoms with E-state index in [1.165, 1.54) is 0 Å². The van der Waals surface area contributed by atoms with E-state index in [4.69, 9.17) is 4.74 Å². The van der Waals surface area contributed by atoms with Gasteiger partial charge in [0.25, 0.3) is 0 Å². The summed E-state index contributed by atoms with van der Waals surface area (Å²) in [6.45, 7) is 1.80. The third-order valence-electron chi connectivity index (χ3n) is 2.64. The van der Waals surface area contributed by atoms with E-state index in [2.05, 4.69) is 15.9 Å². The first-order valence-electron chi connectivity index (χ1n) is 6.21. The van der Waals surface area contributed by atoms with Crippen LogP contribution in [0.1, 0.15) is 26.2 Å². The van der Waals surface area contributed by atoms with E-state index in [-0.39, 0.29) is 17.9 Å². The van der Waals surface area contributed by atoms with Crippen LogP contribution >= 0.6 is 15.9 Å². The Morgan fingerprint density at radius 1 is 1.11 bits per heavy atom. The summed E-state index contributed by atoms with van der Waals surface area (Å²) in [6.07, 6.45) is -0.856. The van der Waals surface area contributed by atoms with Crippen LogP contribution in [-0.4, -0.2) is 23.8 Å². The van der Waals surface area contributed by atoms with E-state index in [0.717, 1.165) is 0 Å². The molecule has 0 spiro atoms. The molecule has 18 heavy (non-hydrogen) atoms. The highest BCUT2D eigenvalue weighted by Crippen LogP contribution is 2.20. The summed E-state index contributed by atoms with van der Waals surface area (Å²) in [5.74, 6) is 0.656. The number of halogens is 3. The Morgan fingerprint density at radius 2 is 1.72 bits per heavy atom. The predicted octanol–water partition coefficient (Wildman–Crippen LogP) is 4.70. The molecule has 3 unspecified atom stereocenters. The average molecular weight is 321 g/mol. The van der Waals surface area contributed by atoms with Crippen molar-refractivity contribution in [3.8, 4) is 5.75 Å². The van der Waals surface area contributed by atoms with E-state index in [9.17, 15) is 8.78 Å². The van der Waals surface area contributed by atoms with E-state index in [1.54, 1.807) is 19.1 Å². The summed E-state index contributed by atoms with van der Waals surface area (Å²) in [7, 11) is 0. The van der Waals surface area contributed by atoms with E-state index >= 15 is 0 Å². The minimum Gasteiger partial charge on any atom is -0.491 e. The van der Waals surface area contributed by atoms with Crippen molar-refractivity contribution in [2.75, 3.05) is 6.61 Å². The zero-order valence-corrected chi connectivity index (χ0v) is 12.1. The smallest absolute Gasteiger partial charge is 0.135 e. The predicted molar refractivity (Wildman–Crippen MR) is 74.0 cm³/mol. The van der Waals surface area contributed by atoms with Crippen LogP contribution in [0.5, 0.6) is 5.75 Å². The Kier molecular flexibility index (Phi) is 7.25. The van der Waals surface area contributed by atoms with Crippen molar-refractivity contribution >= 4 is 15.9 Å². The van der Waals surface area contributed by atoms with Crippen LogP contribution in [0.4, 0.5) is 8.78 Å². The normalized spacial score (nSPS) is 16.0. The maximum absolute atomic E-state index is 13.6. The fraction of sp³-hybridized carbons (Fsp3) is 0.571. The standard InChI is InChI=1S/C14H19BrF2O/c1-2-12(16)8-11(15)9-13(17)10-18-14-6-4-3-5-7-14/h3-7,11-13H,2,8-10H2,1H3. The highest BCUT2D eigenvalue weighted by Gasteiger charge is 2.17.